The van der Waals surface area contributed by atoms with Gasteiger partial charge in [-0.2, -0.15) is 5.11 Å². The average molecular weight is 291 g/mol. The zero-order chi connectivity index (χ0) is 12.8. The van der Waals surface area contributed by atoms with Crippen LogP contribution in [0.4, 0.5) is 5.69 Å². The van der Waals surface area contributed by atoms with E-state index in [0.29, 0.717) is 28.3 Å². The van der Waals surface area contributed by atoms with E-state index in [2.05, 4.69) is 10.2 Å². The molecule has 0 aromatic heterocycles. The van der Waals surface area contributed by atoms with Crippen molar-refractivity contribution in [2.24, 2.45) is 10.2 Å². The number of carbonyl (C=O) groups excluding carboxylic acids is 1. The van der Waals surface area contributed by atoms with E-state index < -0.39 is 0 Å². The Bertz CT molecular complexity index is 466. The number of hydrogen-bond acceptors (Lipinski definition) is 5. The van der Waals surface area contributed by atoms with E-state index in [4.69, 9.17) is 28.3 Å². The molecule has 1 aromatic rings. The van der Waals surface area contributed by atoms with Gasteiger partial charge in [0.05, 0.1) is 15.7 Å². The van der Waals surface area contributed by atoms with Gasteiger partial charge < -0.3 is 5.11 Å². The minimum Gasteiger partial charge on any atom is -0.513 e. The Kier molecular flexibility index (Phi) is 5.47. The first-order valence-electron chi connectivity index (χ1n) is 4.36. The van der Waals surface area contributed by atoms with Gasteiger partial charge in [-0.3, -0.25) is 4.79 Å². The average Bonchev–Trinajstić information content (AvgIpc) is 2.30. The number of aliphatic hydroxyl groups excluding tert-OH is 1. The van der Waals surface area contributed by atoms with Crippen LogP contribution in [0.3, 0.4) is 0 Å². The van der Waals surface area contributed by atoms with E-state index in [1.165, 1.54) is 11.8 Å². The summed E-state index contributed by atoms with van der Waals surface area (Å²) in [7, 11) is 0. The number of rotatable bonds is 4. The van der Waals surface area contributed by atoms with Crippen LogP contribution >= 0.6 is 35.0 Å². The maximum absolute atomic E-state index is 10.4. The van der Waals surface area contributed by atoms with Crippen LogP contribution in [0.2, 0.25) is 10.0 Å². The third-order valence-electron chi connectivity index (χ3n) is 1.72. The van der Waals surface area contributed by atoms with E-state index >= 15 is 0 Å². The van der Waals surface area contributed by atoms with E-state index in [1.54, 1.807) is 12.1 Å². The van der Waals surface area contributed by atoms with Crippen molar-refractivity contribution in [1.82, 2.24) is 0 Å². The predicted octanol–water partition coefficient (Wildman–Crippen LogP) is 4.40. The van der Waals surface area contributed by atoms with Gasteiger partial charge >= 0.3 is 0 Å². The molecule has 1 aromatic carbocycles. The number of benzene rings is 1. The van der Waals surface area contributed by atoms with Gasteiger partial charge in [-0.1, -0.05) is 23.2 Å². The SMILES string of the molecule is CSc1c(Cl)cc(N=NC(C=O)=CO)cc1Cl. The van der Waals surface area contributed by atoms with Gasteiger partial charge in [0, 0.05) is 4.90 Å². The Morgan fingerprint density at radius 1 is 1.41 bits per heavy atom. The molecular weight excluding hydrogens is 283 g/mol. The van der Waals surface area contributed by atoms with Crippen LogP contribution in [-0.2, 0) is 4.79 Å². The highest BCUT2D eigenvalue weighted by molar-refractivity contribution is 7.98. The summed E-state index contributed by atoms with van der Waals surface area (Å²) in [6.07, 6.45) is 2.80. The fourth-order valence-corrected chi connectivity index (χ4v) is 2.44. The molecule has 7 heteroatoms. The highest BCUT2D eigenvalue weighted by Gasteiger charge is 2.06. The van der Waals surface area contributed by atoms with Crippen molar-refractivity contribution in [3.05, 3.63) is 34.1 Å². The number of aliphatic hydroxyl groups is 1. The number of nitrogens with zero attached hydrogens (tertiary/aromatic N) is 2. The fourth-order valence-electron chi connectivity index (χ4n) is 0.995. The molecule has 4 nitrogen and oxygen atoms in total. The number of thioether (sulfide) groups is 1. The monoisotopic (exact) mass is 290 g/mol. The first-order valence-corrected chi connectivity index (χ1v) is 6.34. The molecular formula is C10H8Cl2N2O2S. The first kappa shape index (κ1) is 14.0. The summed E-state index contributed by atoms with van der Waals surface area (Å²) in [5.41, 5.74) is 0.213. The Morgan fingerprint density at radius 3 is 2.41 bits per heavy atom. The Morgan fingerprint density at radius 2 is 2.00 bits per heavy atom. The van der Waals surface area contributed by atoms with Gasteiger partial charge in [0.25, 0.3) is 0 Å². The van der Waals surface area contributed by atoms with Crippen molar-refractivity contribution in [3.8, 4) is 0 Å². The molecule has 0 fully saturated rings. The molecule has 0 heterocycles. The summed E-state index contributed by atoms with van der Waals surface area (Å²) >= 11 is 13.4. The molecule has 0 saturated heterocycles. The molecule has 0 spiro atoms. The molecule has 0 atom stereocenters. The van der Waals surface area contributed by atoms with Crippen LogP contribution in [-0.4, -0.2) is 17.6 Å². The number of carbonyl (C=O) groups is 1. The molecule has 0 bridgehead atoms. The van der Waals surface area contributed by atoms with Crippen molar-refractivity contribution < 1.29 is 9.90 Å². The van der Waals surface area contributed by atoms with Crippen molar-refractivity contribution in [1.29, 1.82) is 0 Å². The van der Waals surface area contributed by atoms with Gasteiger partial charge in [-0.05, 0) is 18.4 Å². The number of allylic oxidation sites excluding steroid dienone is 1. The minimum absolute atomic E-state index is 0.189. The van der Waals surface area contributed by atoms with Crippen LogP contribution in [0, 0.1) is 0 Å². The molecule has 0 amide bonds. The van der Waals surface area contributed by atoms with Gasteiger partial charge in [0.2, 0.25) is 0 Å². The standard InChI is InChI=1S/C10H8Cl2N2O2S/c1-17-10-8(11)2-6(3-9(10)12)13-14-7(4-15)5-16/h2-5,15H,1H3. The molecule has 1 N–H and O–H groups in total. The molecule has 0 saturated carbocycles. The van der Waals surface area contributed by atoms with E-state index in [9.17, 15) is 4.79 Å². The van der Waals surface area contributed by atoms with Crippen LogP contribution in [0.5, 0.6) is 0 Å². The Labute approximate surface area is 112 Å². The molecule has 0 radical (unpaired) electrons. The van der Waals surface area contributed by atoms with Crippen molar-refractivity contribution in [3.63, 3.8) is 0 Å². The summed E-state index contributed by atoms with van der Waals surface area (Å²) < 4.78 is 0. The maximum atomic E-state index is 10.4. The van der Waals surface area contributed by atoms with Crippen molar-refractivity contribution in [2.45, 2.75) is 4.90 Å². The minimum atomic E-state index is -0.189. The van der Waals surface area contributed by atoms with Crippen LogP contribution < -0.4 is 0 Å². The normalized spacial score (nSPS) is 12.1. The largest absolute Gasteiger partial charge is 0.513 e. The lowest BCUT2D eigenvalue weighted by Gasteiger charge is -2.03. The lowest BCUT2D eigenvalue weighted by Crippen LogP contribution is -1.79. The number of aldehydes is 1. The second-order valence-corrected chi connectivity index (χ2v) is 4.45. The van der Waals surface area contributed by atoms with Gasteiger partial charge in [-0.25, -0.2) is 0 Å². The molecule has 1 rings (SSSR count). The quantitative estimate of drug-likeness (QED) is 0.294. The van der Waals surface area contributed by atoms with E-state index in [-0.39, 0.29) is 5.70 Å². The second kappa shape index (κ2) is 6.64. The Balaban J connectivity index is 3.06. The summed E-state index contributed by atoms with van der Waals surface area (Å²) in [5, 5.41) is 16.8. The second-order valence-electron chi connectivity index (χ2n) is 2.81. The highest BCUT2D eigenvalue weighted by Crippen LogP contribution is 2.36. The summed E-state index contributed by atoms with van der Waals surface area (Å²) in [6.45, 7) is 0. The van der Waals surface area contributed by atoms with Crippen LogP contribution in [0.25, 0.3) is 0 Å². The third-order valence-corrected chi connectivity index (χ3v) is 3.39. The smallest absolute Gasteiger partial charge is 0.173 e. The van der Waals surface area contributed by atoms with Crippen LogP contribution in [0.1, 0.15) is 0 Å². The van der Waals surface area contributed by atoms with Crippen LogP contribution in [0.15, 0.2) is 39.2 Å². The summed E-state index contributed by atoms with van der Waals surface area (Å²) in [5.74, 6) is 0. The highest BCUT2D eigenvalue weighted by atomic mass is 35.5. The molecule has 0 aliphatic heterocycles. The predicted molar refractivity (Wildman–Crippen MR) is 69.5 cm³/mol. The van der Waals surface area contributed by atoms with Gasteiger partial charge in [-0.15, -0.1) is 16.9 Å². The lowest BCUT2D eigenvalue weighted by atomic mass is 10.3. The third kappa shape index (κ3) is 3.73. The zero-order valence-corrected chi connectivity index (χ0v) is 11.1. The fraction of sp³-hybridized carbons (Fsp3) is 0.100. The Hall–Kier alpha value is -1.04. The van der Waals surface area contributed by atoms with E-state index in [1.807, 2.05) is 6.26 Å². The number of halogens is 2. The van der Waals surface area contributed by atoms with Crippen molar-refractivity contribution >= 4 is 46.9 Å². The molecule has 0 unspecified atom stereocenters. The van der Waals surface area contributed by atoms with Crippen molar-refractivity contribution in [2.75, 3.05) is 6.26 Å². The number of hydrogen-bond donors (Lipinski definition) is 1. The first-order chi connectivity index (χ1) is 8.12. The van der Waals surface area contributed by atoms with Gasteiger partial charge in [0.15, 0.2) is 12.0 Å². The number of azo groups is 1. The topological polar surface area (TPSA) is 62.0 Å². The lowest BCUT2D eigenvalue weighted by molar-refractivity contribution is -0.105. The zero-order valence-electron chi connectivity index (χ0n) is 8.72. The van der Waals surface area contributed by atoms with Gasteiger partial charge in [0.1, 0.15) is 6.26 Å². The molecule has 17 heavy (non-hydrogen) atoms. The molecule has 0 aliphatic carbocycles. The summed E-state index contributed by atoms with van der Waals surface area (Å²) in [6, 6.07) is 3.14. The molecule has 0 aliphatic rings. The van der Waals surface area contributed by atoms with E-state index in [0.717, 1.165) is 4.90 Å². The maximum Gasteiger partial charge on any atom is 0.173 e. The molecule has 90 valence electrons. The summed E-state index contributed by atoms with van der Waals surface area (Å²) in [4.78, 5) is 11.1.